The van der Waals surface area contributed by atoms with Gasteiger partial charge < -0.3 is 9.80 Å². The summed E-state index contributed by atoms with van der Waals surface area (Å²) in [6, 6.07) is 3.08. The maximum Gasteiger partial charge on any atom is 0.272 e. The number of fused-ring (bicyclic) bond motifs is 1. The Morgan fingerprint density at radius 3 is 2.48 bits per heavy atom. The van der Waals surface area contributed by atoms with Crippen LogP contribution in [0.25, 0.3) is 0 Å². The van der Waals surface area contributed by atoms with Crippen molar-refractivity contribution in [2.75, 3.05) is 31.1 Å². The number of nitrogens with zero attached hydrogens (tertiary/aromatic N) is 5. The molecule has 4 heterocycles. The third-order valence-corrected chi connectivity index (χ3v) is 5.98. The molecule has 0 aliphatic carbocycles. The Morgan fingerprint density at radius 1 is 1.11 bits per heavy atom. The standard InChI is InChI=1S/C20H24FN5O/c1-13-14(2)23-12-24-18(13)20(27)26-10-15-5-8-25(9-6-16(15)11-26)19-17(21)4-3-7-22-19/h3-4,7,12,15-16H,5-6,8-11H2,1-2H3/t15-,16+. The Labute approximate surface area is 158 Å². The molecule has 142 valence electrons. The predicted octanol–water partition coefficient (Wildman–Crippen LogP) is 2.62. The Balaban J connectivity index is 1.45. The second-order valence-electron chi connectivity index (χ2n) is 7.54. The van der Waals surface area contributed by atoms with E-state index in [1.54, 1.807) is 12.3 Å². The van der Waals surface area contributed by atoms with Crippen molar-refractivity contribution in [3.63, 3.8) is 0 Å². The van der Waals surface area contributed by atoms with Crippen LogP contribution in [0.2, 0.25) is 0 Å². The van der Waals surface area contributed by atoms with Crippen molar-refractivity contribution in [3.05, 3.63) is 47.4 Å². The van der Waals surface area contributed by atoms with Crippen LogP contribution in [0.4, 0.5) is 10.2 Å². The molecule has 0 radical (unpaired) electrons. The van der Waals surface area contributed by atoms with Gasteiger partial charge in [-0.15, -0.1) is 0 Å². The van der Waals surface area contributed by atoms with Gasteiger partial charge in [0.25, 0.3) is 5.91 Å². The summed E-state index contributed by atoms with van der Waals surface area (Å²) in [4.78, 5) is 29.5. The van der Waals surface area contributed by atoms with E-state index in [2.05, 4.69) is 15.0 Å². The fraction of sp³-hybridized carbons (Fsp3) is 0.500. The Kier molecular flexibility index (Phi) is 4.76. The average Bonchev–Trinajstić information content (AvgIpc) is 2.98. The first-order chi connectivity index (χ1) is 13.0. The lowest BCUT2D eigenvalue weighted by molar-refractivity contribution is 0.0775. The zero-order valence-corrected chi connectivity index (χ0v) is 15.7. The van der Waals surface area contributed by atoms with Crippen LogP contribution in [0.3, 0.4) is 0 Å². The van der Waals surface area contributed by atoms with E-state index in [9.17, 15) is 9.18 Å². The normalized spacial score (nSPS) is 22.5. The molecule has 0 saturated carbocycles. The number of amides is 1. The molecule has 4 rings (SSSR count). The van der Waals surface area contributed by atoms with Gasteiger partial charge in [0.15, 0.2) is 11.6 Å². The van der Waals surface area contributed by atoms with Crippen molar-refractivity contribution in [2.24, 2.45) is 11.8 Å². The number of aromatic nitrogens is 3. The number of carbonyl (C=O) groups excluding carboxylic acids is 1. The topological polar surface area (TPSA) is 62.2 Å². The molecule has 2 aliphatic heterocycles. The van der Waals surface area contributed by atoms with Gasteiger partial charge in [0.05, 0.1) is 0 Å². The molecule has 2 atom stereocenters. The van der Waals surface area contributed by atoms with Crippen molar-refractivity contribution in [2.45, 2.75) is 26.7 Å². The maximum atomic E-state index is 14.1. The molecule has 2 fully saturated rings. The molecule has 27 heavy (non-hydrogen) atoms. The minimum Gasteiger partial charge on any atom is -0.354 e. The van der Waals surface area contributed by atoms with E-state index in [1.807, 2.05) is 23.6 Å². The molecular weight excluding hydrogens is 345 g/mol. The predicted molar refractivity (Wildman–Crippen MR) is 100 cm³/mol. The van der Waals surface area contributed by atoms with E-state index >= 15 is 0 Å². The van der Waals surface area contributed by atoms with Gasteiger partial charge in [-0.05, 0) is 50.7 Å². The molecule has 2 saturated heterocycles. The van der Waals surface area contributed by atoms with Crippen molar-refractivity contribution >= 4 is 11.7 Å². The summed E-state index contributed by atoms with van der Waals surface area (Å²) in [6.45, 7) is 6.81. The molecule has 0 spiro atoms. The molecule has 7 heteroatoms. The summed E-state index contributed by atoms with van der Waals surface area (Å²) in [7, 11) is 0. The van der Waals surface area contributed by atoms with Gasteiger partial charge in [0.1, 0.15) is 12.0 Å². The SMILES string of the molecule is Cc1ncnc(C(=O)N2C[C@H]3CCN(c4ncccc4F)CC[C@H]3C2)c1C. The largest absolute Gasteiger partial charge is 0.354 e. The molecule has 0 unspecified atom stereocenters. The summed E-state index contributed by atoms with van der Waals surface area (Å²) in [5, 5.41) is 0. The first-order valence-corrected chi connectivity index (χ1v) is 9.47. The summed E-state index contributed by atoms with van der Waals surface area (Å²) >= 11 is 0. The molecule has 2 aliphatic rings. The fourth-order valence-corrected chi connectivity index (χ4v) is 4.24. The smallest absolute Gasteiger partial charge is 0.272 e. The van der Waals surface area contributed by atoms with Gasteiger partial charge in [0, 0.05) is 43.6 Å². The molecule has 0 aromatic carbocycles. The molecule has 1 amide bonds. The van der Waals surface area contributed by atoms with Crippen molar-refractivity contribution in [3.8, 4) is 0 Å². The van der Waals surface area contributed by atoms with E-state index in [-0.39, 0.29) is 11.7 Å². The Bertz CT molecular complexity index is 842. The van der Waals surface area contributed by atoms with E-state index in [4.69, 9.17) is 0 Å². The highest BCUT2D eigenvalue weighted by Gasteiger charge is 2.38. The van der Waals surface area contributed by atoms with Crippen LogP contribution in [0.15, 0.2) is 24.7 Å². The van der Waals surface area contributed by atoms with Crippen LogP contribution in [0.1, 0.15) is 34.6 Å². The summed E-state index contributed by atoms with van der Waals surface area (Å²) < 4.78 is 14.1. The third kappa shape index (κ3) is 3.38. The van der Waals surface area contributed by atoms with E-state index in [0.717, 1.165) is 50.3 Å². The highest BCUT2D eigenvalue weighted by molar-refractivity contribution is 5.94. The summed E-state index contributed by atoms with van der Waals surface area (Å²) in [5.41, 5.74) is 2.21. The number of halogens is 1. The van der Waals surface area contributed by atoms with Crippen LogP contribution in [-0.2, 0) is 0 Å². The van der Waals surface area contributed by atoms with Crippen LogP contribution in [0, 0.1) is 31.5 Å². The van der Waals surface area contributed by atoms with Gasteiger partial charge in [-0.3, -0.25) is 4.79 Å². The van der Waals surface area contributed by atoms with Gasteiger partial charge in [-0.1, -0.05) is 0 Å². The number of anilines is 1. The number of hydrogen-bond donors (Lipinski definition) is 0. The monoisotopic (exact) mass is 369 g/mol. The van der Waals surface area contributed by atoms with E-state index in [0.29, 0.717) is 23.3 Å². The molecule has 0 bridgehead atoms. The average molecular weight is 369 g/mol. The second kappa shape index (κ2) is 7.21. The Hall–Kier alpha value is -2.57. The van der Waals surface area contributed by atoms with Crippen LogP contribution >= 0.6 is 0 Å². The second-order valence-corrected chi connectivity index (χ2v) is 7.54. The highest BCUT2D eigenvalue weighted by atomic mass is 19.1. The number of aryl methyl sites for hydroxylation is 1. The zero-order valence-electron chi connectivity index (χ0n) is 15.7. The fourth-order valence-electron chi connectivity index (χ4n) is 4.24. The molecular formula is C20H24FN5O. The molecule has 0 N–H and O–H groups in total. The summed E-state index contributed by atoms with van der Waals surface area (Å²) in [6.07, 6.45) is 4.97. The first kappa shape index (κ1) is 17.8. The van der Waals surface area contributed by atoms with Gasteiger partial charge in [0.2, 0.25) is 0 Å². The lowest BCUT2D eigenvalue weighted by Crippen LogP contribution is -2.32. The van der Waals surface area contributed by atoms with Crippen molar-refractivity contribution in [1.82, 2.24) is 19.9 Å². The third-order valence-electron chi connectivity index (χ3n) is 5.98. The lowest BCUT2D eigenvalue weighted by Gasteiger charge is -2.23. The maximum absolute atomic E-state index is 14.1. The van der Waals surface area contributed by atoms with Crippen molar-refractivity contribution < 1.29 is 9.18 Å². The minimum atomic E-state index is -0.268. The highest BCUT2D eigenvalue weighted by Crippen LogP contribution is 2.34. The number of pyridine rings is 1. The lowest BCUT2D eigenvalue weighted by atomic mass is 9.92. The van der Waals surface area contributed by atoms with E-state index < -0.39 is 0 Å². The molecule has 2 aromatic rings. The van der Waals surface area contributed by atoms with Crippen LogP contribution < -0.4 is 4.90 Å². The van der Waals surface area contributed by atoms with E-state index in [1.165, 1.54) is 12.4 Å². The summed E-state index contributed by atoms with van der Waals surface area (Å²) in [5.74, 6) is 1.05. The minimum absolute atomic E-state index is 0.00120. The van der Waals surface area contributed by atoms with Gasteiger partial charge >= 0.3 is 0 Å². The number of hydrogen-bond acceptors (Lipinski definition) is 5. The van der Waals surface area contributed by atoms with Gasteiger partial charge in [-0.2, -0.15) is 0 Å². The zero-order chi connectivity index (χ0) is 19.0. The van der Waals surface area contributed by atoms with Crippen LogP contribution in [0.5, 0.6) is 0 Å². The van der Waals surface area contributed by atoms with Gasteiger partial charge in [-0.25, -0.2) is 19.3 Å². The number of rotatable bonds is 2. The Morgan fingerprint density at radius 2 is 1.81 bits per heavy atom. The van der Waals surface area contributed by atoms with Crippen molar-refractivity contribution in [1.29, 1.82) is 0 Å². The molecule has 6 nitrogen and oxygen atoms in total. The first-order valence-electron chi connectivity index (χ1n) is 9.47. The number of carbonyl (C=O) groups is 1. The quantitative estimate of drug-likeness (QED) is 0.814. The van der Waals surface area contributed by atoms with Crippen LogP contribution in [-0.4, -0.2) is 51.9 Å². The molecule has 2 aromatic heterocycles. The number of likely N-dealkylation sites (tertiary alicyclic amines) is 1.